The predicted octanol–water partition coefficient (Wildman–Crippen LogP) is 3.10. The molecule has 0 aliphatic carbocycles. The second kappa shape index (κ2) is 7.15. The summed E-state index contributed by atoms with van der Waals surface area (Å²) < 4.78 is 2.08. The molecule has 3 aromatic rings. The van der Waals surface area contributed by atoms with E-state index in [1.807, 2.05) is 30.4 Å². The van der Waals surface area contributed by atoms with Crippen LogP contribution in [0.5, 0.6) is 0 Å². The molecule has 136 valence electrons. The Labute approximate surface area is 157 Å². The summed E-state index contributed by atoms with van der Waals surface area (Å²) in [7, 11) is 2.03. The number of aromatic nitrogens is 4. The van der Waals surface area contributed by atoms with Gasteiger partial charge in [0.25, 0.3) is 0 Å². The van der Waals surface area contributed by atoms with Crippen LogP contribution in [0.25, 0.3) is 11.0 Å². The molecule has 0 radical (unpaired) electrons. The molecule has 0 saturated carbocycles. The summed E-state index contributed by atoms with van der Waals surface area (Å²) in [6.07, 6.45) is 5.78. The van der Waals surface area contributed by atoms with Gasteiger partial charge < -0.3 is 14.5 Å². The Hall–Kier alpha value is -2.28. The molecule has 1 saturated heterocycles. The highest BCUT2D eigenvalue weighted by molar-refractivity contribution is 7.99. The second-order valence-electron chi connectivity index (χ2n) is 6.90. The predicted molar refractivity (Wildman–Crippen MR) is 103 cm³/mol. The number of hydrogen-bond donors (Lipinski definition) is 1. The van der Waals surface area contributed by atoms with Crippen LogP contribution in [-0.2, 0) is 11.8 Å². The largest absolute Gasteiger partial charge is 0.342 e. The monoisotopic (exact) mass is 369 g/mol. The van der Waals surface area contributed by atoms with Gasteiger partial charge in [0.1, 0.15) is 5.82 Å². The number of nitrogens with one attached hydrogen (secondary N) is 1. The minimum atomic E-state index is 0.185. The summed E-state index contributed by atoms with van der Waals surface area (Å²) in [4.78, 5) is 26.8. The first-order chi connectivity index (χ1) is 12.6. The number of aromatic amines is 1. The lowest BCUT2D eigenvalue weighted by molar-refractivity contribution is -0.129. The first kappa shape index (κ1) is 17.1. The number of carbonyl (C=O) groups excluding carboxylic acids is 1. The second-order valence-corrected chi connectivity index (χ2v) is 7.87. The summed E-state index contributed by atoms with van der Waals surface area (Å²) in [5.74, 6) is 2.19. The molecular formula is C19H23N5OS. The van der Waals surface area contributed by atoms with E-state index in [-0.39, 0.29) is 5.91 Å². The topological polar surface area (TPSA) is 66.8 Å². The number of imidazole rings is 2. The molecular weight excluding hydrogens is 346 g/mol. The van der Waals surface area contributed by atoms with Gasteiger partial charge in [0.15, 0.2) is 5.16 Å². The number of H-pyrrole nitrogens is 1. The van der Waals surface area contributed by atoms with E-state index in [0.29, 0.717) is 11.7 Å². The lowest BCUT2D eigenvalue weighted by Crippen LogP contribution is -2.39. The number of piperidine rings is 1. The Morgan fingerprint density at radius 1 is 1.35 bits per heavy atom. The van der Waals surface area contributed by atoms with Gasteiger partial charge in [0, 0.05) is 38.4 Å². The number of likely N-dealkylation sites (tertiary alicyclic amines) is 1. The molecule has 0 bridgehead atoms. The molecule has 2 aromatic heterocycles. The third kappa shape index (κ3) is 3.49. The van der Waals surface area contributed by atoms with Crippen LogP contribution in [0.2, 0.25) is 0 Å². The fourth-order valence-corrected chi connectivity index (χ4v) is 4.34. The molecule has 7 heteroatoms. The van der Waals surface area contributed by atoms with Crippen molar-refractivity contribution in [3.63, 3.8) is 0 Å². The van der Waals surface area contributed by atoms with E-state index in [9.17, 15) is 4.79 Å². The zero-order chi connectivity index (χ0) is 18.1. The maximum Gasteiger partial charge on any atom is 0.233 e. The van der Waals surface area contributed by atoms with Crippen LogP contribution < -0.4 is 0 Å². The number of hydrogen-bond acceptors (Lipinski definition) is 4. The quantitative estimate of drug-likeness (QED) is 0.718. The van der Waals surface area contributed by atoms with Crippen molar-refractivity contribution in [2.24, 2.45) is 7.05 Å². The van der Waals surface area contributed by atoms with Gasteiger partial charge >= 0.3 is 0 Å². The Balaban J connectivity index is 1.32. The first-order valence-corrected chi connectivity index (χ1v) is 9.93. The molecule has 1 aromatic carbocycles. The zero-order valence-electron chi connectivity index (χ0n) is 15.1. The van der Waals surface area contributed by atoms with Crippen LogP contribution in [-0.4, -0.2) is 49.2 Å². The van der Waals surface area contributed by atoms with Crippen molar-refractivity contribution in [2.75, 3.05) is 18.8 Å². The van der Waals surface area contributed by atoms with Crippen molar-refractivity contribution in [3.05, 3.63) is 42.0 Å². The molecule has 1 amide bonds. The molecule has 4 rings (SSSR count). The highest BCUT2D eigenvalue weighted by atomic mass is 32.2. The number of thioether (sulfide) groups is 1. The molecule has 1 aliphatic heterocycles. The summed E-state index contributed by atoms with van der Waals surface area (Å²) in [5.41, 5.74) is 3.17. The van der Waals surface area contributed by atoms with Crippen LogP contribution in [0.15, 0.2) is 35.7 Å². The van der Waals surface area contributed by atoms with Gasteiger partial charge in [-0.15, -0.1) is 0 Å². The summed E-state index contributed by atoms with van der Waals surface area (Å²) >= 11 is 1.48. The number of carbonyl (C=O) groups is 1. The van der Waals surface area contributed by atoms with Crippen molar-refractivity contribution < 1.29 is 4.79 Å². The summed E-state index contributed by atoms with van der Waals surface area (Å²) in [6, 6.07) is 6.14. The number of benzene rings is 1. The fourth-order valence-electron chi connectivity index (χ4n) is 3.55. The highest BCUT2D eigenvalue weighted by Crippen LogP contribution is 2.27. The van der Waals surface area contributed by atoms with Crippen molar-refractivity contribution in [1.82, 2.24) is 24.4 Å². The van der Waals surface area contributed by atoms with Gasteiger partial charge in [-0.3, -0.25) is 4.79 Å². The van der Waals surface area contributed by atoms with Crippen LogP contribution in [0.3, 0.4) is 0 Å². The molecule has 1 N–H and O–H groups in total. The molecule has 6 nitrogen and oxygen atoms in total. The minimum absolute atomic E-state index is 0.185. The maximum atomic E-state index is 12.5. The van der Waals surface area contributed by atoms with Crippen LogP contribution >= 0.6 is 11.8 Å². The van der Waals surface area contributed by atoms with Gasteiger partial charge in [-0.1, -0.05) is 17.8 Å². The van der Waals surface area contributed by atoms with E-state index < -0.39 is 0 Å². The van der Waals surface area contributed by atoms with Gasteiger partial charge in [-0.05, 0) is 37.5 Å². The van der Waals surface area contributed by atoms with E-state index in [0.717, 1.165) is 47.9 Å². The minimum Gasteiger partial charge on any atom is -0.342 e. The Morgan fingerprint density at radius 2 is 2.15 bits per heavy atom. The number of rotatable bonds is 4. The van der Waals surface area contributed by atoms with Crippen LogP contribution in [0.4, 0.5) is 0 Å². The Bertz CT molecular complexity index is 923. The number of amides is 1. The van der Waals surface area contributed by atoms with Crippen LogP contribution in [0.1, 0.15) is 30.1 Å². The SMILES string of the molecule is Cc1ccc2nc(SCC(=O)N3CCC(c4nccn4C)CC3)[nH]c2c1. The highest BCUT2D eigenvalue weighted by Gasteiger charge is 2.26. The van der Waals surface area contributed by atoms with Gasteiger partial charge in [0.2, 0.25) is 5.91 Å². The van der Waals surface area contributed by atoms with E-state index in [1.54, 1.807) is 0 Å². The molecule has 0 atom stereocenters. The van der Waals surface area contributed by atoms with Crippen molar-refractivity contribution in [1.29, 1.82) is 0 Å². The van der Waals surface area contributed by atoms with Gasteiger partial charge in [-0.2, -0.15) is 0 Å². The van der Waals surface area contributed by atoms with Gasteiger partial charge in [-0.25, -0.2) is 9.97 Å². The fraction of sp³-hybridized carbons (Fsp3) is 0.421. The third-order valence-corrected chi connectivity index (χ3v) is 5.88. The molecule has 0 unspecified atom stereocenters. The van der Waals surface area contributed by atoms with E-state index in [1.165, 1.54) is 17.3 Å². The number of fused-ring (bicyclic) bond motifs is 1. The average Bonchev–Trinajstić information content (AvgIpc) is 3.25. The van der Waals surface area contributed by atoms with Crippen LogP contribution in [0, 0.1) is 6.92 Å². The smallest absolute Gasteiger partial charge is 0.233 e. The normalized spacial score (nSPS) is 15.7. The van der Waals surface area contributed by atoms with Crippen molar-refractivity contribution in [2.45, 2.75) is 30.8 Å². The average molecular weight is 369 g/mol. The number of aryl methyl sites for hydroxylation is 2. The van der Waals surface area contributed by atoms with E-state index in [4.69, 9.17) is 0 Å². The van der Waals surface area contributed by atoms with Gasteiger partial charge in [0.05, 0.1) is 16.8 Å². The Morgan fingerprint density at radius 3 is 2.88 bits per heavy atom. The maximum absolute atomic E-state index is 12.5. The molecule has 1 fully saturated rings. The molecule has 0 spiro atoms. The molecule has 1 aliphatic rings. The zero-order valence-corrected chi connectivity index (χ0v) is 15.9. The molecule has 3 heterocycles. The number of nitrogens with zero attached hydrogens (tertiary/aromatic N) is 4. The summed E-state index contributed by atoms with van der Waals surface area (Å²) in [6.45, 7) is 3.66. The van der Waals surface area contributed by atoms with Crippen molar-refractivity contribution >= 4 is 28.7 Å². The molecule has 26 heavy (non-hydrogen) atoms. The third-order valence-electron chi connectivity index (χ3n) is 5.02. The lowest BCUT2D eigenvalue weighted by Gasteiger charge is -2.31. The van der Waals surface area contributed by atoms with E-state index in [2.05, 4.69) is 38.6 Å². The Kier molecular flexibility index (Phi) is 4.72. The van der Waals surface area contributed by atoms with Crippen molar-refractivity contribution in [3.8, 4) is 0 Å². The van der Waals surface area contributed by atoms with E-state index >= 15 is 0 Å². The standard InChI is InChI=1S/C19H23N5OS/c1-13-3-4-15-16(11-13)22-19(21-15)26-12-17(25)24-8-5-14(6-9-24)18-20-7-10-23(18)2/h3-4,7,10-11,14H,5-6,8-9,12H2,1-2H3,(H,21,22). The first-order valence-electron chi connectivity index (χ1n) is 8.94. The lowest BCUT2D eigenvalue weighted by atomic mass is 9.96. The summed E-state index contributed by atoms with van der Waals surface area (Å²) in [5, 5.41) is 0.807.